The summed E-state index contributed by atoms with van der Waals surface area (Å²) in [5, 5.41) is 4.47. The number of aryl methyl sites for hydroxylation is 1. The number of hydrogen-bond acceptors (Lipinski definition) is 7. The molecule has 3 aromatic rings. The van der Waals surface area contributed by atoms with Crippen molar-refractivity contribution in [1.82, 2.24) is 19.9 Å². The van der Waals surface area contributed by atoms with Crippen LogP contribution in [0.2, 0.25) is 0 Å². The largest absolute Gasteiger partial charge is 0.353 e. The summed E-state index contributed by atoms with van der Waals surface area (Å²) in [5.41, 5.74) is 0. The predicted octanol–water partition coefficient (Wildman–Crippen LogP) is 3.59. The normalized spacial score (nSPS) is 17.5. The van der Waals surface area contributed by atoms with Gasteiger partial charge in [-0.3, -0.25) is 4.90 Å². The van der Waals surface area contributed by atoms with Crippen molar-refractivity contribution in [1.29, 1.82) is 0 Å². The third kappa shape index (κ3) is 2.92. The number of nitrogens with zero attached hydrogens (tertiary/aromatic N) is 5. The Kier molecular flexibility index (Phi) is 4.47. The van der Waals surface area contributed by atoms with Crippen LogP contribution in [0.4, 0.5) is 5.82 Å². The monoisotopic (exact) mass is 359 g/mol. The van der Waals surface area contributed by atoms with Crippen molar-refractivity contribution in [3.8, 4) is 0 Å². The summed E-state index contributed by atoms with van der Waals surface area (Å²) in [7, 11) is 0. The van der Waals surface area contributed by atoms with E-state index in [1.54, 1.807) is 29.0 Å². The Morgan fingerprint density at radius 2 is 2.00 bits per heavy atom. The number of piperazine rings is 1. The van der Waals surface area contributed by atoms with Crippen molar-refractivity contribution in [3.63, 3.8) is 0 Å². The molecule has 0 aromatic carbocycles. The molecule has 1 unspecified atom stereocenters. The van der Waals surface area contributed by atoms with Crippen LogP contribution < -0.4 is 4.90 Å². The van der Waals surface area contributed by atoms with Gasteiger partial charge in [0.15, 0.2) is 0 Å². The van der Waals surface area contributed by atoms with E-state index >= 15 is 0 Å². The number of anilines is 1. The highest BCUT2D eigenvalue weighted by atomic mass is 32.1. The highest BCUT2D eigenvalue weighted by Crippen LogP contribution is 2.31. The van der Waals surface area contributed by atoms with Gasteiger partial charge in [0.25, 0.3) is 0 Å². The van der Waals surface area contributed by atoms with Crippen LogP contribution in [0.15, 0.2) is 24.0 Å². The average molecular weight is 360 g/mol. The number of thiazole rings is 1. The third-order valence-electron chi connectivity index (χ3n) is 4.68. The minimum Gasteiger partial charge on any atom is -0.353 e. The SMILES string of the molecule is CCc1cc2c(N3CCN(C(C)c4nccs4)CC3)ncnc2s1. The molecule has 0 radical (unpaired) electrons. The summed E-state index contributed by atoms with van der Waals surface area (Å²) in [6, 6.07) is 2.66. The van der Waals surface area contributed by atoms with Gasteiger partial charge >= 0.3 is 0 Å². The van der Waals surface area contributed by atoms with Crippen molar-refractivity contribution in [2.75, 3.05) is 31.1 Å². The summed E-state index contributed by atoms with van der Waals surface area (Å²) in [6.07, 6.45) is 4.66. The van der Waals surface area contributed by atoms with Crippen LogP contribution in [0.1, 0.15) is 29.8 Å². The van der Waals surface area contributed by atoms with Gasteiger partial charge in [-0.1, -0.05) is 6.92 Å². The Balaban J connectivity index is 1.51. The lowest BCUT2D eigenvalue weighted by atomic mass is 10.2. The molecule has 5 nitrogen and oxygen atoms in total. The quantitative estimate of drug-likeness (QED) is 0.712. The smallest absolute Gasteiger partial charge is 0.140 e. The Bertz CT molecular complexity index is 806. The summed E-state index contributed by atoms with van der Waals surface area (Å²) in [6.45, 7) is 8.52. The first kappa shape index (κ1) is 15.9. The van der Waals surface area contributed by atoms with E-state index in [9.17, 15) is 0 Å². The van der Waals surface area contributed by atoms with Crippen LogP contribution in [0.5, 0.6) is 0 Å². The fourth-order valence-electron chi connectivity index (χ4n) is 3.24. The van der Waals surface area contributed by atoms with E-state index in [1.165, 1.54) is 15.3 Å². The lowest BCUT2D eigenvalue weighted by molar-refractivity contribution is 0.198. The van der Waals surface area contributed by atoms with Crippen LogP contribution in [0, 0.1) is 0 Å². The fraction of sp³-hybridized carbons (Fsp3) is 0.471. The van der Waals surface area contributed by atoms with Crippen LogP contribution in [0.25, 0.3) is 10.2 Å². The molecule has 24 heavy (non-hydrogen) atoms. The van der Waals surface area contributed by atoms with E-state index in [1.807, 2.05) is 6.20 Å². The Morgan fingerprint density at radius 3 is 2.71 bits per heavy atom. The first-order chi connectivity index (χ1) is 11.8. The number of thiophene rings is 1. The minimum absolute atomic E-state index is 0.394. The molecule has 4 heterocycles. The van der Waals surface area contributed by atoms with Crippen LogP contribution in [0.3, 0.4) is 0 Å². The second-order valence-electron chi connectivity index (χ2n) is 6.05. The first-order valence-corrected chi connectivity index (χ1v) is 10.1. The molecule has 0 N–H and O–H groups in total. The van der Waals surface area contributed by atoms with Gasteiger partial charge in [0.2, 0.25) is 0 Å². The van der Waals surface area contributed by atoms with E-state index in [-0.39, 0.29) is 0 Å². The summed E-state index contributed by atoms with van der Waals surface area (Å²) in [4.78, 5) is 20.9. The maximum Gasteiger partial charge on any atom is 0.140 e. The molecule has 4 rings (SSSR count). The number of hydrogen-bond donors (Lipinski definition) is 0. The molecule has 0 saturated carbocycles. The van der Waals surface area contributed by atoms with Gasteiger partial charge in [-0.15, -0.1) is 22.7 Å². The highest BCUT2D eigenvalue weighted by molar-refractivity contribution is 7.18. The molecule has 1 atom stereocenters. The minimum atomic E-state index is 0.394. The highest BCUT2D eigenvalue weighted by Gasteiger charge is 2.25. The zero-order valence-corrected chi connectivity index (χ0v) is 15.6. The molecule has 0 aliphatic carbocycles. The maximum atomic E-state index is 4.59. The lowest BCUT2D eigenvalue weighted by Crippen LogP contribution is -2.47. The zero-order valence-electron chi connectivity index (χ0n) is 14.0. The van der Waals surface area contributed by atoms with Gasteiger partial charge < -0.3 is 4.90 Å². The molecular formula is C17H21N5S2. The van der Waals surface area contributed by atoms with E-state index in [2.05, 4.69) is 50.0 Å². The molecule has 1 aliphatic rings. The third-order valence-corrected chi connectivity index (χ3v) is 6.81. The van der Waals surface area contributed by atoms with Crippen LogP contribution >= 0.6 is 22.7 Å². The standard InChI is InChI=1S/C17H21N5S2/c1-3-13-10-14-15(19-11-20-17(14)24-13)22-7-5-21(6-8-22)12(2)16-18-4-9-23-16/h4,9-12H,3,5-8H2,1-2H3. The number of rotatable bonds is 4. The number of fused-ring (bicyclic) bond motifs is 1. The molecular weight excluding hydrogens is 338 g/mol. The van der Waals surface area contributed by atoms with E-state index in [0.29, 0.717) is 6.04 Å². The van der Waals surface area contributed by atoms with Crippen LogP contribution in [-0.4, -0.2) is 46.0 Å². The molecule has 7 heteroatoms. The topological polar surface area (TPSA) is 45.2 Å². The first-order valence-electron chi connectivity index (χ1n) is 8.38. The van der Waals surface area contributed by atoms with Crippen LogP contribution in [-0.2, 0) is 6.42 Å². The Hall–Kier alpha value is -1.57. The van der Waals surface area contributed by atoms with E-state index < -0.39 is 0 Å². The molecule has 1 fully saturated rings. The van der Waals surface area contributed by atoms with Crippen molar-refractivity contribution in [3.05, 3.63) is 33.9 Å². The molecule has 0 bridgehead atoms. The maximum absolute atomic E-state index is 4.59. The Labute approximate surface area is 150 Å². The number of aromatic nitrogens is 3. The zero-order chi connectivity index (χ0) is 16.5. The van der Waals surface area contributed by atoms with Crippen molar-refractivity contribution in [2.45, 2.75) is 26.3 Å². The summed E-state index contributed by atoms with van der Waals surface area (Å²) >= 11 is 3.53. The van der Waals surface area contributed by atoms with Crippen molar-refractivity contribution in [2.24, 2.45) is 0 Å². The van der Waals surface area contributed by atoms with Gasteiger partial charge in [0.1, 0.15) is 22.0 Å². The molecule has 0 spiro atoms. The van der Waals surface area contributed by atoms with E-state index in [0.717, 1.165) is 43.2 Å². The second kappa shape index (κ2) is 6.74. The summed E-state index contributed by atoms with van der Waals surface area (Å²) < 4.78 is 0. The average Bonchev–Trinajstić information content (AvgIpc) is 3.30. The van der Waals surface area contributed by atoms with Crippen molar-refractivity contribution >= 4 is 38.7 Å². The van der Waals surface area contributed by atoms with Gasteiger partial charge in [0.05, 0.1) is 11.4 Å². The van der Waals surface area contributed by atoms with Gasteiger partial charge in [-0.25, -0.2) is 15.0 Å². The van der Waals surface area contributed by atoms with Gasteiger partial charge in [0, 0.05) is 42.6 Å². The predicted molar refractivity (Wildman–Crippen MR) is 101 cm³/mol. The second-order valence-corrected chi connectivity index (χ2v) is 8.09. The lowest BCUT2D eigenvalue weighted by Gasteiger charge is -2.38. The molecule has 3 aromatic heterocycles. The fourth-order valence-corrected chi connectivity index (χ4v) is 4.90. The summed E-state index contributed by atoms with van der Waals surface area (Å²) in [5.74, 6) is 1.09. The van der Waals surface area contributed by atoms with E-state index in [4.69, 9.17) is 0 Å². The molecule has 126 valence electrons. The van der Waals surface area contributed by atoms with Crippen molar-refractivity contribution < 1.29 is 0 Å². The van der Waals surface area contributed by atoms with Gasteiger partial charge in [-0.05, 0) is 19.4 Å². The van der Waals surface area contributed by atoms with Gasteiger partial charge in [-0.2, -0.15) is 0 Å². The molecule has 1 aliphatic heterocycles. The molecule has 0 amide bonds. The Morgan fingerprint density at radius 1 is 1.17 bits per heavy atom. The molecule has 1 saturated heterocycles.